The number of anilines is 1. The van der Waals surface area contributed by atoms with Crippen LogP contribution in [0, 0.1) is 0 Å². The number of amides is 1. The average molecular weight is 371 g/mol. The van der Waals surface area contributed by atoms with Gasteiger partial charge in [-0.05, 0) is 42.5 Å². The van der Waals surface area contributed by atoms with Crippen molar-refractivity contribution in [3.05, 3.63) is 77.3 Å². The molecule has 3 rings (SSSR count). The second-order valence-electron chi connectivity index (χ2n) is 5.13. The Kier molecular flexibility index (Phi) is 5.48. The topological polar surface area (TPSA) is 51.2 Å². The first-order chi connectivity index (χ1) is 12.2. The molecule has 0 aliphatic rings. The number of carbonyl (C=O) groups is 1. The molecule has 1 N–H and O–H groups in total. The van der Waals surface area contributed by atoms with E-state index in [4.69, 9.17) is 16.3 Å². The number of hydrogen-bond donors (Lipinski definition) is 1. The SMILES string of the molecule is C=CCOc1ccc(-c2nc(C(=O)Nc3cccc(Cl)c3)cs2)cc1. The van der Waals surface area contributed by atoms with Crippen LogP contribution in [-0.2, 0) is 0 Å². The number of nitrogens with zero attached hydrogens (tertiary/aromatic N) is 1. The molecular formula is C19H15ClN2O2S. The maximum atomic E-state index is 12.3. The third-order valence-electron chi connectivity index (χ3n) is 3.29. The van der Waals surface area contributed by atoms with Crippen LogP contribution in [0.4, 0.5) is 5.69 Å². The van der Waals surface area contributed by atoms with Gasteiger partial charge in [-0.15, -0.1) is 11.3 Å². The Morgan fingerprint density at radius 3 is 2.80 bits per heavy atom. The highest BCUT2D eigenvalue weighted by atomic mass is 35.5. The van der Waals surface area contributed by atoms with Crippen molar-refractivity contribution in [3.8, 4) is 16.3 Å². The van der Waals surface area contributed by atoms with Gasteiger partial charge in [0.15, 0.2) is 0 Å². The van der Waals surface area contributed by atoms with Crippen LogP contribution >= 0.6 is 22.9 Å². The van der Waals surface area contributed by atoms with E-state index in [0.717, 1.165) is 16.3 Å². The second kappa shape index (κ2) is 7.96. The van der Waals surface area contributed by atoms with Crippen LogP contribution < -0.4 is 10.1 Å². The first-order valence-electron chi connectivity index (χ1n) is 7.52. The zero-order valence-corrected chi connectivity index (χ0v) is 14.8. The normalized spacial score (nSPS) is 10.3. The van der Waals surface area contributed by atoms with Crippen LogP contribution in [0.1, 0.15) is 10.5 Å². The summed E-state index contributed by atoms with van der Waals surface area (Å²) in [5, 5.41) is 5.86. The molecule has 0 aliphatic carbocycles. The predicted molar refractivity (Wildman–Crippen MR) is 103 cm³/mol. The standard InChI is InChI=1S/C19H15ClN2O2S/c1-2-10-24-16-8-6-13(7-9-16)19-22-17(12-25-19)18(23)21-15-5-3-4-14(20)11-15/h2-9,11-12H,1,10H2,(H,21,23). The first kappa shape index (κ1) is 17.2. The Hall–Kier alpha value is -2.63. The highest BCUT2D eigenvalue weighted by Gasteiger charge is 2.12. The minimum atomic E-state index is -0.268. The van der Waals surface area contributed by atoms with Gasteiger partial charge < -0.3 is 10.1 Å². The van der Waals surface area contributed by atoms with E-state index in [1.807, 2.05) is 24.3 Å². The molecule has 1 heterocycles. The van der Waals surface area contributed by atoms with E-state index < -0.39 is 0 Å². The lowest BCUT2D eigenvalue weighted by molar-refractivity contribution is 0.102. The Morgan fingerprint density at radius 1 is 1.28 bits per heavy atom. The molecule has 6 heteroatoms. The van der Waals surface area contributed by atoms with Crippen LogP contribution in [-0.4, -0.2) is 17.5 Å². The summed E-state index contributed by atoms with van der Waals surface area (Å²) in [6.07, 6.45) is 1.69. The molecule has 25 heavy (non-hydrogen) atoms. The van der Waals surface area contributed by atoms with Crippen molar-refractivity contribution in [3.63, 3.8) is 0 Å². The van der Waals surface area contributed by atoms with Gasteiger partial charge in [-0.3, -0.25) is 4.79 Å². The van der Waals surface area contributed by atoms with E-state index in [0.29, 0.717) is 23.0 Å². The molecule has 126 valence electrons. The summed E-state index contributed by atoms with van der Waals surface area (Å²) >= 11 is 7.34. The van der Waals surface area contributed by atoms with Gasteiger partial charge in [0.2, 0.25) is 0 Å². The van der Waals surface area contributed by atoms with E-state index in [-0.39, 0.29) is 5.91 Å². The monoisotopic (exact) mass is 370 g/mol. The molecule has 0 radical (unpaired) electrons. The molecule has 0 fully saturated rings. The maximum Gasteiger partial charge on any atom is 0.275 e. The van der Waals surface area contributed by atoms with Crippen LogP contribution in [0.5, 0.6) is 5.75 Å². The zero-order valence-electron chi connectivity index (χ0n) is 13.2. The fourth-order valence-corrected chi connectivity index (χ4v) is 3.12. The summed E-state index contributed by atoms with van der Waals surface area (Å²) in [6, 6.07) is 14.6. The van der Waals surface area contributed by atoms with Crippen LogP contribution in [0.15, 0.2) is 66.6 Å². The van der Waals surface area contributed by atoms with Crippen LogP contribution in [0.3, 0.4) is 0 Å². The molecule has 0 atom stereocenters. The number of benzene rings is 2. The highest BCUT2D eigenvalue weighted by molar-refractivity contribution is 7.13. The van der Waals surface area contributed by atoms with Crippen molar-refractivity contribution in [1.82, 2.24) is 4.98 Å². The fourth-order valence-electron chi connectivity index (χ4n) is 2.12. The van der Waals surface area contributed by atoms with Crippen molar-refractivity contribution in [2.24, 2.45) is 0 Å². The smallest absolute Gasteiger partial charge is 0.275 e. The van der Waals surface area contributed by atoms with Gasteiger partial charge in [-0.2, -0.15) is 0 Å². The zero-order chi connectivity index (χ0) is 17.6. The number of nitrogens with one attached hydrogen (secondary N) is 1. The van der Waals surface area contributed by atoms with E-state index >= 15 is 0 Å². The number of halogens is 1. The molecule has 0 aliphatic heterocycles. The van der Waals surface area contributed by atoms with Gasteiger partial charge in [0.05, 0.1) is 0 Å². The lowest BCUT2D eigenvalue weighted by atomic mass is 10.2. The quantitative estimate of drug-likeness (QED) is 0.600. The number of thiazole rings is 1. The third-order valence-corrected chi connectivity index (χ3v) is 4.41. The third kappa shape index (κ3) is 4.47. The van der Waals surface area contributed by atoms with Gasteiger partial charge in [-0.1, -0.05) is 30.3 Å². The molecule has 1 amide bonds. The molecule has 0 saturated carbocycles. The molecule has 4 nitrogen and oxygen atoms in total. The number of rotatable bonds is 6. The van der Waals surface area contributed by atoms with Gasteiger partial charge in [0.1, 0.15) is 23.1 Å². The number of aromatic nitrogens is 1. The van der Waals surface area contributed by atoms with E-state index in [2.05, 4.69) is 16.9 Å². The average Bonchev–Trinajstić information content (AvgIpc) is 3.11. The second-order valence-corrected chi connectivity index (χ2v) is 6.42. The molecule has 2 aromatic carbocycles. The van der Waals surface area contributed by atoms with Crippen molar-refractivity contribution in [2.45, 2.75) is 0 Å². The Bertz CT molecular complexity index is 890. The molecule has 0 bridgehead atoms. The molecule has 0 spiro atoms. The van der Waals surface area contributed by atoms with Crippen molar-refractivity contribution in [1.29, 1.82) is 0 Å². The first-order valence-corrected chi connectivity index (χ1v) is 8.78. The highest BCUT2D eigenvalue weighted by Crippen LogP contribution is 2.26. The van der Waals surface area contributed by atoms with Gasteiger partial charge in [0.25, 0.3) is 5.91 Å². The largest absolute Gasteiger partial charge is 0.490 e. The van der Waals surface area contributed by atoms with Crippen molar-refractivity contribution < 1.29 is 9.53 Å². The van der Waals surface area contributed by atoms with Gasteiger partial charge in [0, 0.05) is 21.7 Å². The van der Waals surface area contributed by atoms with Gasteiger partial charge >= 0.3 is 0 Å². The molecular weight excluding hydrogens is 356 g/mol. The molecule has 0 unspecified atom stereocenters. The van der Waals surface area contributed by atoms with Crippen LogP contribution in [0.2, 0.25) is 5.02 Å². The lowest BCUT2D eigenvalue weighted by Crippen LogP contribution is -2.12. The summed E-state index contributed by atoms with van der Waals surface area (Å²) in [4.78, 5) is 16.7. The fraction of sp³-hybridized carbons (Fsp3) is 0.0526. The van der Waals surface area contributed by atoms with E-state index in [9.17, 15) is 4.79 Å². The number of carbonyl (C=O) groups excluding carboxylic acids is 1. The summed E-state index contributed by atoms with van der Waals surface area (Å²) < 4.78 is 5.46. The van der Waals surface area contributed by atoms with Crippen molar-refractivity contribution >= 4 is 34.5 Å². The lowest BCUT2D eigenvalue weighted by Gasteiger charge is -2.04. The molecule has 3 aromatic rings. The number of ether oxygens (including phenoxy) is 1. The maximum absolute atomic E-state index is 12.3. The Labute approximate surface area is 154 Å². The summed E-state index contributed by atoms with van der Waals surface area (Å²) in [5.41, 5.74) is 1.93. The van der Waals surface area contributed by atoms with Crippen LogP contribution in [0.25, 0.3) is 10.6 Å². The summed E-state index contributed by atoms with van der Waals surface area (Å²) in [5.74, 6) is 0.495. The summed E-state index contributed by atoms with van der Waals surface area (Å²) in [7, 11) is 0. The number of hydrogen-bond acceptors (Lipinski definition) is 4. The molecule has 0 saturated heterocycles. The van der Waals surface area contributed by atoms with E-state index in [1.165, 1.54) is 11.3 Å². The summed E-state index contributed by atoms with van der Waals surface area (Å²) in [6.45, 7) is 4.08. The van der Waals surface area contributed by atoms with E-state index in [1.54, 1.807) is 35.7 Å². The Balaban J connectivity index is 1.71. The van der Waals surface area contributed by atoms with Gasteiger partial charge in [-0.25, -0.2) is 4.98 Å². The van der Waals surface area contributed by atoms with Crippen molar-refractivity contribution in [2.75, 3.05) is 11.9 Å². The minimum Gasteiger partial charge on any atom is -0.490 e. The predicted octanol–water partition coefficient (Wildman–Crippen LogP) is 5.28. The Morgan fingerprint density at radius 2 is 2.08 bits per heavy atom. The minimum absolute atomic E-state index is 0.268. The molecule has 1 aromatic heterocycles.